The van der Waals surface area contributed by atoms with Gasteiger partial charge in [-0.05, 0) is 29.1 Å². The van der Waals surface area contributed by atoms with Crippen LogP contribution < -0.4 is 19.5 Å². The smallest absolute Gasteiger partial charge is 0.257 e. The van der Waals surface area contributed by atoms with Gasteiger partial charge in [0, 0.05) is 16.2 Å². The van der Waals surface area contributed by atoms with Crippen molar-refractivity contribution < 1.29 is 19.0 Å². The molecule has 0 aliphatic rings. The second-order valence-electron chi connectivity index (χ2n) is 6.68. The van der Waals surface area contributed by atoms with E-state index in [4.69, 9.17) is 14.2 Å². The van der Waals surface area contributed by atoms with E-state index in [1.807, 2.05) is 41.8 Å². The lowest BCUT2D eigenvalue weighted by Crippen LogP contribution is -2.12. The molecule has 0 atom stereocenters. The summed E-state index contributed by atoms with van der Waals surface area (Å²) in [7, 11) is 3.04. The van der Waals surface area contributed by atoms with Crippen LogP contribution in [0.1, 0.15) is 20.8 Å². The number of carbonyl (C=O) groups is 1. The van der Waals surface area contributed by atoms with Gasteiger partial charge in [-0.1, -0.05) is 59.5 Å². The van der Waals surface area contributed by atoms with Crippen LogP contribution in [-0.4, -0.2) is 30.3 Å². The molecule has 0 bridgehead atoms. The van der Waals surface area contributed by atoms with Crippen molar-refractivity contribution in [3.63, 3.8) is 0 Å². The highest BCUT2D eigenvalue weighted by molar-refractivity contribution is 8.00. The van der Waals surface area contributed by atoms with E-state index in [2.05, 4.69) is 21.6 Å². The van der Waals surface area contributed by atoms with Crippen LogP contribution in [0.4, 0.5) is 5.13 Å². The summed E-state index contributed by atoms with van der Waals surface area (Å²) >= 11 is 4.62. The summed E-state index contributed by atoms with van der Waals surface area (Å²) < 4.78 is 17.7. The van der Waals surface area contributed by atoms with E-state index < -0.39 is 0 Å². The summed E-state index contributed by atoms with van der Waals surface area (Å²) in [6.07, 6.45) is 0. The Morgan fingerprint density at radius 1 is 1.03 bits per heavy atom. The van der Waals surface area contributed by atoms with Gasteiger partial charge in [-0.15, -0.1) is 21.5 Å². The third kappa shape index (κ3) is 6.04. The van der Waals surface area contributed by atoms with Crippen molar-refractivity contribution >= 4 is 45.5 Å². The molecule has 0 fully saturated rings. The Hall–Kier alpha value is -3.08. The highest BCUT2D eigenvalue weighted by Crippen LogP contribution is 2.39. The van der Waals surface area contributed by atoms with Crippen molar-refractivity contribution in [2.75, 3.05) is 19.5 Å². The molecular formula is C23H21N3O4S3. The number of anilines is 1. The van der Waals surface area contributed by atoms with Crippen LogP contribution in [0.2, 0.25) is 0 Å². The number of thiophene rings is 1. The predicted molar refractivity (Wildman–Crippen MR) is 132 cm³/mol. The van der Waals surface area contributed by atoms with E-state index in [0.717, 1.165) is 15.7 Å². The van der Waals surface area contributed by atoms with Crippen molar-refractivity contribution in [1.82, 2.24) is 10.2 Å². The third-order valence-corrected chi connectivity index (χ3v) is 7.57. The Labute approximate surface area is 203 Å². The highest BCUT2D eigenvalue weighted by Gasteiger charge is 2.19. The van der Waals surface area contributed by atoms with Crippen molar-refractivity contribution in [3.05, 3.63) is 76.0 Å². The summed E-state index contributed by atoms with van der Waals surface area (Å²) in [6, 6.07) is 17.1. The summed E-state index contributed by atoms with van der Waals surface area (Å²) in [5.41, 5.74) is 1.37. The van der Waals surface area contributed by atoms with Gasteiger partial charge < -0.3 is 14.2 Å². The van der Waals surface area contributed by atoms with Crippen LogP contribution in [0.3, 0.4) is 0 Å². The highest BCUT2D eigenvalue weighted by atomic mass is 32.2. The molecule has 2 heterocycles. The molecule has 0 saturated carbocycles. The largest absolute Gasteiger partial charge is 0.493 e. The molecule has 170 valence electrons. The van der Waals surface area contributed by atoms with Gasteiger partial charge in [0.25, 0.3) is 5.91 Å². The van der Waals surface area contributed by atoms with Gasteiger partial charge in [0.05, 0.1) is 14.2 Å². The van der Waals surface area contributed by atoms with Crippen molar-refractivity contribution in [1.29, 1.82) is 0 Å². The van der Waals surface area contributed by atoms with E-state index >= 15 is 0 Å². The number of amides is 1. The fraction of sp³-hybridized carbons (Fsp3) is 0.174. The fourth-order valence-electron chi connectivity index (χ4n) is 2.90. The normalized spacial score (nSPS) is 10.6. The van der Waals surface area contributed by atoms with Crippen LogP contribution in [0.5, 0.6) is 17.2 Å². The minimum atomic E-state index is -0.341. The standard InChI is InChI=1S/C23H21N3O4S3/c1-28-18-11-16(12-19(29-2)20(18)30-13-15-7-4-3-5-8-15)21(27)24-22-25-26-23(33-22)32-14-17-9-6-10-31-17/h3-12H,13-14H2,1-2H3,(H,24,25,27). The SMILES string of the molecule is COc1cc(C(=O)Nc2nnc(SCc3cccs3)s2)cc(OC)c1OCc1ccccc1. The van der Waals surface area contributed by atoms with Crippen LogP contribution >= 0.6 is 34.4 Å². The van der Waals surface area contributed by atoms with Gasteiger partial charge >= 0.3 is 0 Å². The number of nitrogens with one attached hydrogen (secondary N) is 1. The van der Waals surface area contributed by atoms with Crippen molar-refractivity contribution in [3.8, 4) is 17.2 Å². The molecule has 4 aromatic rings. The topological polar surface area (TPSA) is 82.6 Å². The molecule has 0 spiro atoms. The number of thioether (sulfide) groups is 1. The Bertz CT molecular complexity index is 1170. The lowest BCUT2D eigenvalue weighted by Gasteiger charge is -2.16. The molecule has 0 unspecified atom stereocenters. The van der Waals surface area contributed by atoms with Gasteiger partial charge in [0.1, 0.15) is 6.61 Å². The molecule has 10 heteroatoms. The van der Waals surface area contributed by atoms with Crippen LogP contribution in [0.15, 0.2) is 64.3 Å². The maximum atomic E-state index is 12.9. The molecular weight excluding hydrogens is 478 g/mol. The first-order valence-electron chi connectivity index (χ1n) is 9.89. The predicted octanol–water partition coefficient (Wildman–Crippen LogP) is 5.74. The second-order valence-corrected chi connectivity index (χ2v) is 9.91. The van der Waals surface area contributed by atoms with E-state index in [9.17, 15) is 4.79 Å². The molecule has 1 amide bonds. The van der Waals surface area contributed by atoms with Crippen molar-refractivity contribution in [2.45, 2.75) is 16.7 Å². The molecule has 33 heavy (non-hydrogen) atoms. The Morgan fingerprint density at radius 3 is 2.45 bits per heavy atom. The maximum Gasteiger partial charge on any atom is 0.257 e. The average Bonchev–Trinajstić information content (AvgIpc) is 3.53. The number of hydrogen-bond acceptors (Lipinski definition) is 9. The molecule has 0 aliphatic carbocycles. The molecule has 0 saturated heterocycles. The lowest BCUT2D eigenvalue weighted by atomic mass is 10.1. The monoisotopic (exact) mass is 499 g/mol. The van der Waals surface area contributed by atoms with E-state index in [-0.39, 0.29) is 5.91 Å². The van der Waals surface area contributed by atoms with Crippen LogP contribution in [0, 0.1) is 0 Å². The lowest BCUT2D eigenvalue weighted by molar-refractivity contribution is 0.102. The quantitative estimate of drug-likeness (QED) is 0.220. The number of rotatable bonds is 10. The first-order valence-corrected chi connectivity index (χ1v) is 12.6. The number of hydrogen-bond donors (Lipinski definition) is 1. The second kappa shape index (κ2) is 11.2. The van der Waals surface area contributed by atoms with E-state index in [1.165, 1.54) is 30.4 Å². The van der Waals surface area contributed by atoms with Gasteiger partial charge in [0.15, 0.2) is 15.8 Å². The van der Waals surface area contributed by atoms with Crippen molar-refractivity contribution in [2.24, 2.45) is 0 Å². The summed E-state index contributed by atoms with van der Waals surface area (Å²) in [5.74, 6) is 1.72. The van der Waals surface area contributed by atoms with Gasteiger partial charge in [0.2, 0.25) is 10.9 Å². The number of nitrogens with zero attached hydrogens (tertiary/aromatic N) is 2. The molecule has 0 radical (unpaired) electrons. The van der Waals surface area contributed by atoms with Gasteiger partial charge in [-0.25, -0.2) is 0 Å². The molecule has 4 rings (SSSR count). The van der Waals surface area contributed by atoms with Gasteiger partial charge in [-0.3, -0.25) is 10.1 Å². The summed E-state index contributed by atoms with van der Waals surface area (Å²) in [4.78, 5) is 14.1. The Balaban J connectivity index is 1.45. The first-order chi connectivity index (χ1) is 16.2. The van der Waals surface area contributed by atoms with Crippen LogP contribution in [0.25, 0.3) is 0 Å². The average molecular weight is 500 g/mol. The van der Waals surface area contributed by atoms with Crippen LogP contribution in [-0.2, 0) is 12.4 Å². The van der Waals surface area contributed by atoms with Gasteiger partial charge in [-0.2, -0.15) is 0 Å². The number of carbonyl (C=O) groups excluding carboxylic acids is 1. The zero-order chi connectivity index (χ0) is 23.0. The fourth-order valence-corrected chi connectivity index (χ4v) is 5.42. The number of methoxy groups -OCH3 is 2. The molecule has 7 nitrogen and oxygen atoms in total. The number of ether oxygens (including phenoxy) is 3. The minimum absolute atomic E-state index is 0.341. The summed E-state index contributed by atoms with van der Waals surface area (Å²) in [5, 5.41) is 13.5. The van der Waals surface area contributed by atoms with E-state index in [1.54, 1.807) is 35.2 Å². The minimum Gasteiger partial charge on any atom is -0.493 e. The zero-order valence-electron chi connectivity index (χ0n) is 17.9. The molecule has 0 aliphatic heterocycles. The molecule has 2 aromatic carbocycles. The summed E-state index contributed by atoms with van der Waals surface area (Å²) in [6.45, 7) is 0.343. The zero-order valence-corrected chi connectivity index (χ0v) is 20.4. The Kier molecular flexibility index (Phi) is 7.82. The molecule has 1 N–H and O–H groups in total. The molecule has 2 aromatic heterocycles. The number of aromatic nitrogens is 2. The first kappa shape index (κ1) is 23.1. The third-order valence-electron chi connectivity index (χ3n) is 4.49. The van der Waals surface area contributed by atoms with E-state index in [0.29, 0.717) is 34.6 Å². The Morgan fingerprint density at radius 2 is 1.79 bits per heavy atom. The maximum absolute atomic E-state index is 12.9. The number of benzene rings is 2.